The molecule has 0 saturated carbocycles. The van der Waals surface area contributed by atoms with Crippen LogP contribution in [0.25, 0.3) is 11.1 Å². The number of halogens is 11. The van der Waals surface area contributed by atoms with Crippen molar-refractivity contribution in [2.75, 3.05) is 6.61 Å². The molecule has 0 bridgehead atoms. The van der Waals surface area contributed by atoms with E-state index in [1.165, 1.54) is 12.1 Å². The van der Waals surface area contributed by atoms with Crippen molar-refractivity contribution in [3.05, 3.63) is 137 Å². The van der Waals surface area contributed by atoms with E-state index in [0.717, 1.165) is 36.8 Å². The van der Waals surface area contributed by atoms with Crippen molar-refractivity contribution >= 4 is 0 Å². The van der Waals surface area contributed by atoms with Crippen LogP contribution in [0.3, 0.4) is 0 Å². The topological polar surface area (TPSA) is 36.9 Å². The van der Waals surface area contributed by atoms with Crippen molar-refractivity contribution in [1.29, 1.82) is 0 Å². The van der Waals surface area contributed by atoms with Crippen LogP contribution in [0.5, 0.6) is 17.2 Å². The van der Waals surface area contributed by atoms with Crippen molar-refractivity contribution in [2.24, 2.45) is 5.92 Å². The van der Waals surface area contributed by atoms with Gasteiger partial charge in [0.05, 0.1) is 23.8 Å². The molecule has 15 heteroatoms. The molecule has 0 spiro atoms. The fourth-order valence-electron chi connectivity index (χ4n) is 5.29. The molecule has 1 aliphatic rings. The van der Waals surface area contributed by atoms with Crippen LogP contribution in [-0.2, 0) is 17.0 Å². The lowest BCUT2D eigenvalue weighted by atomic mass is 9.94. The Labute approximate surface area is 283 Å². The Morgan fingerprint density at radius 3 is 1.94 bits per heavy atom. The van der Waals surface area contributed by atoms with E-state index in [4.69, 9.17) is 9.47 Å². The highest BCUT2D eigenvalue weighted by molar-refractivity contribution is 5.65. The van der Waals surface area contributed by atoms with Gasteiger partial charge < -0.3 is 18.9 Å². The fourth-order valence-corrected chi connectivity index (χ4v) is 5.29. The van der Waals surface area contributed by atoms with Crippen LogP contribution < -0.4 is 14.2 Å². The lowest BCUT2D eigenvalue weighted by Gasteiger charge is -2.28. The van der Waals surface area contributed by atoms with Crippen molar-refractivity contribution in [3.8, 4) is 28.4 Å². The van der Waals surface area contributed by atoms with Gasteiger partial charge in [-0.2, -0.15) is 30.7 Å². The largest absolute Gasteiger partial charge is 0.429 e. The maximum Gasteiger partial charge on any atom is 0.429 e. The molecule has 270 valence electrons. The smallest absolute Gasteiger partial charge is 0.429 e. The lowest BCUT2D eigenvalue weighted by molar-refractivity contribution is -0.187. The van der Waals surface area contributed by atoms with Crippen molar-refractivity contribution in [2.45, 2.75) is 38.1 Å². The van der Waals surface area contributed by atoms with E-state index in [1.54, 1.807) is 0 Å². The fraction of sp³-hybridized carbons (Fsp3) is 0.222. The van der Waals surface area contributed by atoms with E-state index >= 15 is 13.2 Å². The SMILES string of the molecule is C/C=C/C1CCC(c2ccc(C(F)(F)Oc3ccc(-c4ccc(C(F)(F)Oc5cc(F)c(OC(F)=C(F)F)c(F)c5)c(F)c4)c(F)c3)cc2)OC1. The van der Waals surface area contributed by atoms with Gasteiger partial charge in [-0.1, -0.05) is 30.4 Å². The minimum Gasteiger partial charge on any atom is -0.429 e. The molecule has 1 fully saturated rings. The van der Waals surface area contributed by atoms with Crippen molar-refractivity contribution < 1.29 is 67.2 Å². The Hall–Kier alpha value is -5.05. The third-order valence-electron chi connectivity index (χ3n) is 7.73. The van der Waals surface area contributed by atoms with E-state index in [2.05, 4.69) is 9.47 Å². The Kier molecular flexibility index (Phi) is 11.0. The molecule has 5 rings (SSSR count). The first-order chi connectivity index (χ1) is 24.1. The maximum atomic E-state index is 15.0. The first kappa shape index (κ1) is 37.2. The molecule has 4 nitrogen and oxygen atoms in total. The van der Waals surface area contributed by atoms with Gasteiger partial charge in [0.1, 0.15) is 23.1 Å². The number of rotatable bonds is 11. The third kappa shape index (κ3) is 8.64. The van der Waals surface area contributed by atoms with Crippen LogP contribution in [0.15, 0.2) is 97.0 Å². The molecule has 2 unspecified atom stereocenters. The maximum absolute atomic E-state index is 15.0. The van der Waals surface area contributed by atoms with E-state index in [1.807, 2.05) is 19.1 Å². The summed E-state index contributed by atoms with van der Waals surface area (Å²) in [6.07, 6.45) is -6.23. The number of alkyl halides is 4. The zero-order valence-electron chi connectivity index (χ0n) is 26.1. The predicted octanol–water partition coefficient (Wildman–Crippen LogP) is 11.6. The highest BCUT2D eigenvalue weighted by atomic mass is 19.3. The number of hydrogen-bond acceptors (Lipinski definition) is 4. The van der Waals surface area contributed by atoms with Gasteiger partial charge in [0.2, 0.25) is 5.75 Å². The summed E-state index contributed by atoms with van der Waals surface area (Å²) in [4.78, 5) is 0. The zero-order valence-corrected chi connectivity index (χ0v) is 26.1. The minimum absolute atomic E-state index is 0.0480. The highest BCUT2D eigenvalue weighted by Crippen LogP contribution is 2.39. The summed E-state index contributed by atoms with van der Waals surface area (Å²) < 4.78 is 174. The number of hydrogen-bond donors (Lipinski definition) is 0. The highest BCUT2D eigenvalue weighted by Gasteiger charge is 2.39. The van der Waals surface area contributed by atoms with Crippen LogP contribution >= 0.6 is 0 Å². The summed E-state index contributed by atoms with van der Waals surface area (Å²) in [5.74, 6) is -9.92. The van der Waals surface area contributed by atoms with E-state index in [-0.39, 0.29) is 35.3 Å². The molecule has 2 atom stereocenters. The molecule has 1 heterocycles. The molecule has 4 aromatic carbocycles. The van der Waals surface area contributed by atoms with Crippen molar-refractivity contribution in [1.82, 2.24) is 0 Å². The molecule has 0 N–H and O–H groups in total. The lowest BCUT2D eigenvalue weighted by Crippen LogP contribution is -2.23. The standard InChI is InChI=1S/C36H25F11O4/c1-2-3-19-4-13-31(48-18-19)20-5-8-22(9-6-20)35(44,45)50-23-10-11-25(27(37)15-23)21-7-12-26(28(38)14-21)36(46,47)51-24-16-29(39)32(30(40)17-24)49-34(43)33(41)42/h2-3,5-12,14-17,19,31H,4,13,18H2,1H3/b3-2+. The second kappa shape index (κ2) is 15.1. The third-order valence-corrected chi connectivity index (χ3v) is 7.73. The zero-order chi connectivity index (χ0) is 37.1. The Bertz CT molecular complexity index is 1910. The number of ether oxygens (including phenoxy) is 4. The Balaban J connectivity index is 1.27. The molecule has 1 saturated heterocycles. The van der Waals surface area contributed by atoms with Crippen LogP contribution in [-0.4, -0.2) is 6.61 Å². The Morgan fingerprint density at radius 1 is 0.725 bits per heavy atom. The van der Waals surface area contributed by atoms with Gasteiger partial charge in [0, 0.05) is 29.7 Å². The quantitative estimate of drug-likeness (QED) is 0.0875. The average Bonchev–Trinajstić information content (AvgIpc) is 3.06. The van der Waals surface area contributed by atoms with Crippen molar-refractivity contribution in [3.63, 3.8) is 0 Å². The van der Waals surface area contributed by atoms with E-state index in [9.17, 15) is 35.1 Å². The number of benzene rings is 4. The average molecular weight is 731 g/mol. The minimum atomic E-state index is -4.61. The second-order valence-corrected chi connectivity index (χ2v) is 11.2. The second-order valence-electron chi connectivity index (χ2n) is 11.2. The first-order valence-electron chi connectivity index (χ1n) is 15.0. The summed E-state index contributed by atoms with van der Waals surface area (Å²) in [7, 11) is 0. The molecule has 0 amide bonds. The molecule has 0 aliphatic carbocycles. The van der Waals surface area contributed by atoms with Crippen LogP contribution in [0.1, 0.15) is 42.6 Å². The van der Waals surface area contributed by atoms with Crippen LogP contribution in [0.2, 0.25) is 0 Å². The van der Waals surface area contributed by atoms with Gasteiger partial charge in [-0.15, -0.1) is 0 Å². The molecular formula is C36H25F11O4. The molecule has 0 aromatic heterocycles. The Morgan fingerprint density at radius 2 is 1.37 bits per heavy atom. The van der Waals surface area contributed by atoms with Gasteiger partial charge in [0.25, 0.3) is 0 Å². The van der Waals surface area contributed by atoms with Gasteiger partial charge in [0.15, 0.2) is 11.6 Å². The summed E-state index contributed by atoms with van der Waals surface area (Å²) in [5, 5.41) is 0. The predicted molar refractivity (Wildman–Crippen MR) is 161 cm³/mol. The molecule has 0 radical (unpaired) electrons. The van der Waals surface area contributed by atoms with Gasteiger partial charge in [-0.3, -0.25) is 0 Å². The summed E-state index contributed by atoms with van der Waals surface area (Å²) in [5.41, 5.74) is -1.99. The summed E-state index contributed by atoms with van der Waals surface area (Å²) in [6.45, 7) is 2.42. The van der Waals surface area contributed by atoms with E-state index < -0.39 is 76.0 Å². The van der Waals surface area contributed by atoms with Gasteiger partial charge >= 0.3 is 24.3 Å². The number of allylic oxidation sites excluding steroid dienone is 1. The van der Waals surface area contributed by atoms with Crippen LogP contribution in [0, 0.1) is 29.2 Å². The first-order valence-corrected chi connectivity index (χ1v) is 15.0. The molecular weight excluding hydrogens is 705 g/mol. The van der Waals surface area contributed by atoms with Gasteiger partial charge in [-0.25, -0.2) is 17.6 Å². The normalized spacial score (nSPS) is 16.6. The van der Waals surface area contributed by atoms with Gasteiger partial charge in [-0.05, 0) is 67.3 Å². The van der Waals surface area contributed by atoms with E-state index in [0.29, 0.717) is 36.8 Å². The molecule has 4 aromatic rings. The summed E-state index contributed by atoms with van der Waals surface area (Å²) >= 11 is 0. The van der Waals surface area contributed by atoms with Crippen LogP contribution in [0.4, 0.5) is 48.3 Å². The summed E-state index contributed by atoms with van der Waals surface area (Å²) in [6, 6.07) is 7.05. The monoisotopic (exact) mass is 730 g/mol. The molecule has 51 heavy (non-hydrogen) atoms. The molecule has 1 aliphatic heterocycles.